The number of rotatable bonds is 5. The van der Waals surface area contributed by atoms with E-state index in [1.54, 1.807) is 18.0 Å². The van der Waals surface area contributed by atoms with Crippen LogP contribution in [-0.2, 0) is 12.3 Å². The van der Waals surface area contributed by atoms with Gasteiger partial charge in [0.15, 0.2) is 5.16 Å². The minimum absolute atomic E-state index is 0.0103. The Labute approximate surface area is 148 Å². The standard InChI is InChI=1S/C17H20BrN3OS/c18-15-6-4-13(5-7-15)12-23-17-19-10-14(16(22)20-17)11-21-8-2-1-3-9-21/h4-7,10H,1-3,8-9,11-12H2,(H,19,20,22). The molecule has 2 heterocycles. The van der Waals surface area contributed by atoms with E-state index in [0.29, 0.717) is 11.7 Å². The third-order valence-corrected chi connectivity index (χ3v) is 5.47. The van der Waals surface area contributed by atoms with Crippen LogP contribution >= 0.6 is 27.7 Å². The average molecular weight is 394 g/mol. The first-order chi connectivity index (χ1) is 11.2. The molecule has 1 aromatic heterocycles. The van der Waals surface area contributed by atoms with Crippen molar-refractivity contribution in [3.05, 3.63) is 56.4 Å². The van der Waals surface area contributed by atoms with Crippen LogP contribution in [0.25, 0.3) is 0 Å². The number of benzene rings is 1. The van der Waals surface area contributed by atoms with Gasteiger partial charge in [0.05, 0.1) is 0 Å². The zero-order valence-electron chi connectivity index (χ0n) is 12.9. The molecular formula is C17H20BrN3OS. The lowest BCUT2D eigenvalue weighted by molar-refractivity contribution is 0.219. The number of piperidine rings is 1. The molecule has 4 nitrogen and oxygen atoms in total. The third kappa shape index (κ3) is 4.93. The summed E-state index contributed by atoms with van der Waals surface area (Å²) >= 11 is 4.98. The van der Waals surface area contributed by atoms with Gasteiger partial charge >= 0.3 is 0 Å². The van der Waals surface area contributed by atoms with Crippen molar-refractivity contribution in [1.29, 1.82) is 0 Å². The first-order valence-electron chi connectivity index (χ1n) is 7.88. The minimum atomic E-state index is -0.0103. The summed E-state index contributed by atoms with van der Waals surface area (Å²) in [6.07, 6.45) is 5.49. The van der Waals surface area contributed by atoms with E-state index in [4.69, 9.17) is 0 Å². The summed E-state index contributed by atoms with van der Waals surface area (Å²) in [5, 5.41) is 0.681. The molecule has 6 heteroatoms. The molecule has 1 aliphatic heterocycles. The summed E-state index contributed by atoms with van der Waals surface area (Å²) in [5.74, 6) is 0.793. The minimum Gasteiger partial charge on any atom is -0.301 e. The Bertz CT molecular complexity index is 696. The Hall–Kier alpha value is -1.11. The molecule has 23 heavy (non-hydrogen) atoms. The van der Waals surface area contributed by atoms with E-state index in [9.17, 15) is 4.79 Å². The molecule has 3 rings (SSSR count). The van der Waals surface area contributed by atoms with E-state index >= 15 is 0 Å². The third-order valence-electron chi connectivity index (χ3n) is 3.98. The maximum Gasteiger partial charge on any atom is 0.256 e. The number of nitrogens with one attached hydrogen (secondary N) is 1. The fourth-order valence-electron chi connectivity index (χ4n) is 2.68. The van der Waals surface area contributed by atoms with Crippen molar-refractivity contribution in [3.8, 4) is 0 Å². The van der Waals surface area contributed by atoms with Crippen LogP contribution in [0.15, 0.2) is 44.9 Å². The van der Waals surface area contributed by atoms with E-state index in [1.807, 2.05) is 12.1 Å². The number of aromatic nitrogens is 2. The molecule has 0 bridgehead atoms. The first-order valence-corrected chi connectivity index (χ1v) is 9.66. The Balaban J connectivity index is 1.59. The summed E-state index contributed by atoms with van der Waals surface area (Å²) < 4.78 is 1.07. The zero-order valence-corrected chi connectivity index (χ0v) is 15.3. The van der Waals surface area contributed by atoms with Crippen molar-refractivity contribution >= 4 is 27.7 Å². The van der Waals surface area contributed by atoms with Crippen LogP contribution in [0.3, 0.4) is 0 Å². The normalized spacial score (nSPS) is 15.7. The van der Waals surface area contributed by atoms with Crippen LogP contribution in [0.2, 0.25) is 0 Å². The molecular weight excluding hydrogens is 374 g/mol. The Morgan fingerprint density at radius 1 is 1.17 bits per heavy atom. The van der Waals surface area contributed by atoms with E-state index < -0.39 is 0 Å². The first kappa shape index (κ1) is 16.7. The molecule has 1 fully saturated rings. The van der Waals surface area contributed by atoms with E-state index in [2.05, 4.69) is 42.9 Å². The summed E-state index contributed by atoms with van der Waals surface area (Å²) in [4.78, 5) is 21.9. The number of hydrogen-bond donors (Lipinski definition) is 1. The molecule has 0 aliphatic carbocycles. The van der Waals surface area contributed by atoms with Gasteiger partial charge in [-0.25, -0.2) is 4.98 Å². The molecule has 2 aromatic rings. The highest BCUT2D eigenvalue weighted by Gasteiger charge is 2.13. The Kier molecular flexibility index (Phi) is 5.91. The quantitative estimate of drug-likeness (QED) is 0.619. The highest BCUT2D eigenvalue weighted by molar-refractivity contribution is 9.10. The van der Waals surface area contributed by atoms with E-state index in [1.165, 1.54) is 24.8 Å². The van der Waals surface area contributed by atoms with Crippen LogP contribution in [0.5, 0.6) is 0 Å². The molecule has 122 valence electrons. The fourth-order valence-corrected chi connectivity index (χ4v) is 3.73. The zero-order chi connectivity index (χ0) is 16.1. The number of nitrogens with zero attached hydrogens (tertiary/aromatic N) is 2. The van der Waals surface area contributed by atoms with Crippen LogP contribution in [0, 0.1) is 0 Å². The molecule has 0 spiro atoms. The molecule has 0 radical (unpaired) electrons. The summed E-state index contributed by atoms with van der Waals surface area (Å²) in [6.45, 7) is 2.87. The van der Waals surface area contributed by atoms with Gasteiger partial charge in [-0.1, -0.05) is 46.2 Å². The Morgan fingerprint density at radius 2 is 1.91 bits per heavy atom. The SMILES string of the molecule is O=c1[nH]c(SCc2ccc(Br)cc2)ncc1CN1CCCCC1. The van der Waals surface area contributed by atoms with E-state index in [0.717, 1.165) is 28.9 Å². The number of hydrogen-bond acceptors (Lipinski definition) is 4. The van der Waals surface area contributed by atoms with E-state index in [-0.39, 0.29) is 5.56 Å². The van der Waals surface area contributed by atoms with Crippen LogP contribution in [0.4, 0.5) is 0 Å². The van der Waals surface area contributed by atoms with Crippen molar-refractivity contribution < 1.29 is 0 Å². The number of thioether (sulfide) groups is 1. The fraction of sp³-hybridized carbons (Fsp3) is 0.412. The highest BCUT2D eigenvalue weighted by atomic mass is 79.9. The van der Waals surface area contributed by atoms with Crippen LogP contribution in [0.1, 0.15) is 30.4 Å². The van der Waals surface area contributed by atoms with Gasteiger partial charge in [0.25, 0.3) is 5.56 Å². The molecule has 0 unspecified atom stereocenters. The maximum absolute atomic E-state index is 12.2. The molecule has 1 saturated heterocycles. The largest absolute Gasteiger partial charge is 0.301 e. The summed E-state index contributed by atoms with van der Waals surface area (Å²) in [6, 6.07) is 8.18. The van der Waals surface area contributed by atoms with Gasteiger partial charge in [-0.15, -0.1) is 0 Å². The second-order valence-corrected chi connectivity index (χ2v) is 7.67. The van der Waals surface area contributed by atoms with Gasteiger partial charge in [-0.05, 0) is 43.6 Å². The molecule has 0 saturated carbocycles. The van der Waals surface area contributed by atoms with Crippen molar-refractivity contribution in [1.82, 2.24) is 14.9 Å². The number of aromatic amines is 1. The average Bonchev–Trinajstić information content (AvgIpc) is 2.57. The van der Waals surface area contributed by atoms with Gasteiger partial charge in [-0.2, -0.15) is 0 Å². The maximum atomic E-state index is 12.2. The molecule has 1 N–H and O–H groups in total. The predicted molar refractivity (Wildman–Crippen MR) is 97.7 cm³/mol. The topological polar surface area (TPSA) is 49.0 Å². The van der Waals surface area contributed by atoms with Gasteiger partial charge in [0.2, 0.25) is 0 Å². The lowest BCUT2D eigenvalue weighted by Gasteiger charge is -2.25. The van der Waals surface area contributed by atoms with Crippen molar-refractivity contribution in [3.63, 3.8) is 0 Å². The number of halogens is 1. The molecule has 1 aliphatic rings. The number of likely N-dealkylation sites (tertiary alicyclic amines) is 1. The van der Waals surface area contributed by atoms with Gasteiger partial charge in [-0.3, -0.25) is 9.69 Å². The van der Waals surface area contributed by atoms with Crippen LogP contribution in [-0.4, -0.2) is 28.0 Å². The lowest BCUT2D eigenvalue weighted by atomic mass is 10.1. The predicted octanol–water partition coefficient (Wildman–Crippen LogP) is 3.81. The van der Waals surface area contributed by atoms with Crippen molar-refractivity contribution in [2.45, 2.75) is 36.7 Å². The van der Waals surface area contributed by atoms with Crippen LogP contribution < -0.4 is 5.56 Å². The molecule has 0 atom stereocenters. The number of H-pyrrole nitrogens is 1. The second kappa shape index (κ2) is 8.13. The monoisotopic (exact) mass is 393 g/mol. The molecule has 1 aromatic carbocycles. The highest BCUT2D eigenvalue weighted by Crippen LogP contribution is 2.20. The van der Waals surface area contributed by atoms with Crippen molar-refractivity contribution in [2.75, 3.05) is 13.1 Å². The smallest absolute Gasteiger partial charge is 0.256 e. The summed E-state index contributed by atoms with van der Waals surface area (Å²) in [7, 11) is 0. The van der Waals surface area contributed by atoms with Gasteiger partial charge < -0.3 is 4.98 Å². The summed E-state index contributed by atoms with van der Waals surface area (Å²) in [5.41, 5.74) is 1.96. The second-order valence-electron chi connectivity index (χ2n) is 5.79. The molecule has 0 amide bonds. The van der Waals surface area contributed by atoms with Gasteiger partial charge in [0.1, 0.15) is 0 Å². The van der Waals surface area contributed by atoms with Crippen molar-refractivity contribution in [2.24, 2.45) is 0 Å². The Morgan fingerprint density at radius 3 is 2.61 bits per heavy atom. The lowest BCUT2D eigenvalue weighted by Crippen LogP contribution is -2.31. The van der Waals surface area contributed by atoms with Gasteiger partial charge in [0, 0.05) is 28.5 Å².